The molecule has 0 N–H and O–H groups in total. The van der Waals surface area contributed by atoms with Crippen molar-refractivity contribution in [2.45, 2.75) is 12.1 Å². The van der Waals surface area contributed by atoms with E-state index in [1.807, 2.05) is 49.0 Å². The second kappa shape index (κ2) is 5.19. The van der Waals surface area contributed by atoms with Crippen molar-refractivity contribution in [3.63, 3.8) is 0 Å². The molecule has 0 unspecified atom stereocenters. The van der Waals surface area contributed by atoms with Crippen LogP contribution >= 0.6 is 11.8 Å². The number of nitrogens with zero attached hydrogens (tertiary/aromatic N) is 2. The largest absolute Gasteiger partial charge is 0.329 e. The van der Waals surface area contributed by atoms with Crippen LogP contribution in [0.25, 0.3) is 0 Å². The lowest BCUT2D eigenvalue weighted by atomic mass is 10.1. The maximum absolute atomic E-state index is 11.9. The van der Waals surface area contributed by atoms with E-state index in [-0.39, 0.29) is 5.78 Å². The first-order chi connectivity index (χ1) is 8.16. The molecule has 0 aliphatic carbocycles. The molecule has 1 aromatic heterocycles. The van der Waals surface area contributed by atoms with Crippen LogP contribution in [0.5, 0.6) is 0 Å². The summed E-state index contributed by atoms with van der Waals surface area (Å²) in [6.45, 7) is 2.01. The smallest absolute Gasteiger partial charge is 0.173 e. The van der Waals surface area contributed by atoms with Gasteiger partial charge in [-0.3, -0.25) is 4.79 Å². The van der Waals surface area contributed by atoms with Gasteiger partial charge in [0.15, 0.2) is 10.9 Å². The van der Waals surface area contributed by atoms with E-state index in [9.17, 15) is 4.79 Å². The van der Waals surface area contributed by atoms with Crippen molar-refractivity contribution in [3.8, 4) is 0 Å². The fourth-order valence-corrected chi connectivity index (χ4v) is 2.27. The lowest BCUT2D eigenvalue weighted by Crippen LogP contribution is -2.03. The first-order valence-electron chi connectivity index (χ1n) is 5.37. The fourth-order valence-electron chi connectivity index (χ4n) is 1.44. The van der Waals surface area contributed by atoms with Crippen LogP contribution in [0.1, 0.15) is 15.9 Å². The van der Waals surface area contributed by atoms with Gasteiger partial charge in [-0.25, -0.2) is 4.98 Å². The highest BCUT2D eigenvalue weighted by atomic mass is 32.2. The summed E-state index contributed by atoms with van der Waals surface area (Å²) < 4.78 is 1.91. The number of rotatable bonds is 4. The number of ketones is 1. The summed E-state index contributed by atoms with van der Waals surface area (Å²) in [5, 5.41) is 0.866. The number of aryl methyl sites for hydroxylation is 2. The second-order valence-corrected chi connectivity index (χ2v) is 4.84. The number of carbonyl (C=O) groups is 1. The minimum absolute atomic E-state index is 0.137. The molecule has 0 saturated carbocycles. The summed E-state index contributed by atoms with van der Waals surface area (Å²) >= 11 is 1.46. The zero-order valence-corrected chi connectivity index (χ0v) is 10.7. The molecule has 17 heavy (non-hydrogen) atoms. The van der Waals surface area contributed by atoms with Gasteiger partial charge in [0.05, 0.1) is 5.75 Å². The first kappa shape index (κ1) is 11.9. The van der Waals surface area contributed by atoms with E-state index in [4.69, 9.17) is 0 Å². The van der Waals surface area contributed by atoms with Gasteiger partial charge in [-0.05, 0) is 6.92 Å². The number of thioether (sulfide) groups is 1. The summed E-state index contributed by atoms with van der Waals surface area (Å²) in [5.74, 6) is 0.562. The standard InChI is InChI=1S/C13H14N2OS/c1-10-3-5-11(6-4-10)12(16)9-17-13-14-7-8-15(13)2/h3-8H,9H2,1-2H3. The monoisotopic (exact) mass is 246 g/mol. The summed E-state index contributed by atoms with van der Waals surface area (Å²) in [5.41, 5.74) is 1.93. The molecule has 88 valence electrons. The van der Waals surface area contributed by atoms with Gasteiger partial charge < -0.3 is 4.57 Å². The van der Waals surface area contributed by atoms with Gasteiger partial charge in [0, 0.05) is 25.0 Å². The third-order valence-electron chi connectivity index (χ3n) is 2.48. The lowest BCUT2D eigenvalue weighted by Gasteiger charge is -2.02. The van der Waals surface area contributed by atoms with Crippen molar-refractivity contribution in [1.29, 1.82) is 0 Å². The maximum Gasteiger partial charge on any atom is 0.173 e. The van der Waals surface area contributed by atoms with Crippen LogP contribution in [-0.4, -0.2) is 21.1 Å². The number of carbonyl (C=O) groups excluding carboxylic acids is 1. The van der Waals surface area contributed by atoms with Crippen LogP contribution in [0.2, 0.25) is 0 Å². The van der Waals surface area contributed by atoms with Crippen LogP contribution in [0.15, 0.2) is 41.8 Å². The van der Waals surface area contributed by atoms with Crippen molar-refractivity contribution < 1.29 is 4.79 Å². The Bertz CT molecular complexity index is 516. The molecule has 0 saturated heterocycles. The average molecular weight is 246 g/mol. The Kier molecular flexibility index (Phi) is 3.64. The number of benzene rings is 1. The Hall–Kier alpha value is -1.55. The van der Waals surface area contributed by atoms with Crippen LogP contribution in [-0.2, 0) is 7.05 Å². The molecule has 0 radical (unpaired) electrons. The highest BCUT2D eigenvalue weighted by Gasteiger charge is 2.08. The molecule has 0 atom stereocenters. The minimum Gasteiger partial charge on any atom is -0.329 e. The molecule has 4 heteroatoms. The highest BCUT2D eigenvalue weighted by Crippen LogP contribution is 2.16. The molecule has 1 aromatic carbocycles. The van der Waals surface area contributed by atoms with E-state index in [0.29, 0.717) is 5.75 Å². The number of hydrogen-bond acceptors (Lipinski definition) is 3. The summed E-state index contributed by atoms with van der Waals surface area (Å²) in [6.07, 6.45) is 3.61. The van der Waals surface area contributed by atoms with E-state index in [1.54, 1.807) is 6.20 Å². The van der Waals surface area contributed by atoms with E-state index < -0.39 is 0 Å². The third kappa shape index (κ3) is 2.97. The molecule has 3 nitrogen and oxygen atoms in total. The Morgan fingerprint density at radius 3 is 2.65 bits per heavy atom. The SMILES string of the molecule is Cc1ccc(C(=O)CSc2nccn2C)cc1. The van der Waals surface area contributed by atoms with E-state index in [1.165, 1.54) is 17.3 Å². The number of Topliss-reactive ketones (excluding diaryl/α,β-unsaturated/α-hetero) is 1. The molecule has 0 bridgehead atoms. The van der Waals surface area contributed by atoms with Crippen molar-refractivity contribution in [2.75, 3.05) is 5.75 Å². The number of aromatic nitrogens is 2. The van der Waals surface area contributed by atoms with Crippen LogP contribution in [0.4, 0.5) is 0 Å². The highest BCUT2D eigenvalue weighted by molar-refractivity contribution is 7.99. The van der Waals surface area contributed by atoms with Gasteiger partial charge in [-0.2, -0.15) is 0 Å². The first-order valence-corrected chi connectivity index (χ1v) is 6.35. The Labute approximate surface area is 105 Å². The predicted octanol–water partition coefficient (Wildman–Crippen LogP) is 2.70. The van der Waals surface area contributed by atoms with Crippen LogP contribution in [0, 0.1) is 6.92 Å². The Morgan fingerprint density at radius 1 is 1.35 bits per heavy atom. The zero-order chi connectivity index (χ0) is 12.3. The van der Waals surface area contributed by atoms with Gasteiger partial charge in [0.2, 0.25) is 0 Å². The Morgan fingerprint density at radius 2 is 2.06 bits per heavy atom. The second-order valence-electron chi connectivity index (χ2n) is 3.90. The van der Waals surface area contributed by atoms with Gasteiger partial charge in [0.25, 0.3) is 0 Å². The zero-order valence-electron chi connectivity index (χ0n) is 9.88. The third-order valence-corrected chi connectivity index (χ3v) is 3.54. The molecular formula is C13H14N2OS. The number of hydrogen-bond donors (Lipinski definition) is 0. The van der Waals surface area contributed by atoms with E-state index in [0.717, 1.165) is 10.7 Å². The van der Waals surface area contributed by atoms with Crippen LogP contribution < -0.4 is 0 Å². The maximum atomic E-state index is 11.9. The molecular weight excluding hydrogens is 232 g/mol. The van der Waals surface area contributed by atoms with Crippen LogP contribution in [0.3, 0.4) is 0 Å². The normalized spacial score (nSPS) is 10.5. The van der Waals surface area contributed by atoms with Crippen molar-refractivity contribution in [3.05, 3.63) is 47.8 Å². The molecule has 0 amide bonds. The average Bonchev–Trinajstić information content (AvgIpc) is 2.73. The van der Waals surface area contributed by atoms with Crippen molar-refractivity contribution in [1.82, 2.24) is 9.55 Å². The van der Waals surface area contributed by atoms with Gasteiger partial charge in [-0.15, -0.1) is 0 Å². The molecule has 2 aromatic rings. The summed E-state index contributed by atoms with van der Waals surface area (Å²) in [4.78, 5) is 16.1. The van der Waals surface area contributed by atoms with Gasteiger partial charge in [-0.1, -0.05) is 41.6 Å². The summed E-state index contributed by atoms with van der Waals surface area (Å²) in [7, 11) is 1.92. The fraction of sp³-hybridized carbons (Fsp3) is 0.231. The van der Waals surface area contributed by atoms with Crippen molar-refractivity contribution in [2.24, 2.45) is 7.05 Å². The van der Waals surface area contributed by atoms with Gasteiger partial charge in [0.1, 0.15) is 0 Å². The quantitative estimate of drug-likeness (QED) is 0.614. The molecule has 2 rings (SSSR count). The Balaban J connectivity index is 1.98. The summed E-state index contributed by atoms with van der Waals surface area (Å²) in [6, 6.07) is 7.66. The predicted molar refractivity (Wildman–Crippen MR) is 69.4 cm³/mol. The molecule has 0 aliphatic heterocycles. The van der Waals surface area contributed by atoms with Crippen molar-refractivity contribution >= 4 is 17.5 Å². The molecule has 0 fully saturated rings. The van der Waals surface area contributed by atoms with E-state index in [2.05, 4.69) is 4.98 Å². The van der Waals surface area contributed by atoms with E-state index >= 15 is 0 Å². The molecule has 0 aliphatic rings. The molecule has 0 spiro atoms. The lowest BCUT2D eigenvalue weighted by molar-refractivity contribution is 0.102. The minimum atomic E-state index is 0.137. The topological polar surface area (TPSA) is 34.9 Å². The molecule has 1 heterocycles. The van der Waals surface area contributed by atoms with Gasteiger partial charge >= 0.3 is 0 Å². The number of imidazole rings is 1.